The lowest BCUT2D eigenvalue weighted by molar-refractivity contribution is -0.137. The first-order valence-corrected chi connectivity index (χ1v) is 10.7. The fourth-order valence-corrected chi connectivity index (χ4v) is 3.79. The number of allylic oxidation sites excluding steroid dienone is 3. The van der Waals surface area contributed by atoms with Crippen LogP contribution >= 0.6 is 0 Å². The number of hydrogen-bond acceptors (Lipinski definition) is 6. The molecule has 2 unspecified atom stereocenters. The van der Waals surface area contributed by atoms with Gasteiger partial charge in [0.2, 0.25) is 5.91 Å². The van der Waals surface area contributed by atoms with Gasteiger partial charge in [-0.1, -0.05) is 25.1 Å². The summed E-state index contributed by atoms with van der Waals surface area (Å²) >= 11 is 0. The molecule has 0 spiro atoms. The molecule has 2 aromatic rings. The Morgan fingerprint density at radius 2 is 2.12 bits per heavy atom. The number of amides is 1. The molecule has 0 bridgehead atoms. The molecule has 3 N–H and O–H groups in total. The number of hydrogen-bond donors (Lipinski definition) is 3. The van der Waals surface area contributed by atoms with E-state index in [-0.39, 0.29) is 24.7 Å². The van der Waals surface area contributed by atoms with Crippen molar-refractivity contribution >= 4 is 28.6 Å². The Morgan fingerprint density at radius 3 is 2.97 bits per heavy atom. The summed E-state index contributed by atoms with van der Waals surface area (Å²) in [5.74, 6) is 0.401. The summed E-state index contributed by atoms with van der Waals surface area (Å²) in [7, 11) is 0. The van der Waals surface area contributed by atoms with Gasteiger partial charge in [0.15, 0.2) is 11.6 Å². The quantitative estimate of drug-likeness (QED) is 0.589. The van der Waals surface area contributed by atoms with Gasteiger partial charge in [0.25, 0.3) is 0 Å². The maximum absolute atomic E-state index is 12.7. The molecule has 1 amide bonds. The zero-order valence-electron chi connectivity index (χ0n) is 17.9. The minimum atomic E-state index is -0.980. The molecule has 8 heteroatoms. The molecule has 0 saturated carbocycles. The molecule has 2 aliphatic rings. The minimum Gasteiger partial charge on any atom is -0.488 e. The molecule has 32 heavy (non-hydrogen) atoms. The van der Waals surface area contributed by atoms with Crippen molar-refractivity contribution in [1.29, 1.82) is 0 Å². The predicted molar refractivity (Wildman–Crippen MR) is 121 cm³/mol. The van der Waals surface area contributed by atoms with Crippen LogP contribution < -0.4 is 10.6 Å². The van der Waals surface area contributed by atoms with Crippen molar-refractivity contribution in [2.24, 2.45) is 10.9 Å². The van der Waals surface area contributed by atoms with E-state index in [0.717, 1.165) is 28.2 Å². The van der Waals surface area contributed by atoms with Crippen LogP contribution in [0.25, 0.3) is 10.9 Å². The largest absolute Gasteiger partial charge is 0.488 e. The van der Waals surface area contributed by atoms with Crippen molar-refractivity contribution in [2.45, 2.75) is 32.2 Å². The smallest absolute Gasteiger partial charge is 0.305 e. The van der Waals surface area contributed by atoms with Crippen molar-refractivity contribution in [3.8, 4) is 0 Å². The zero-order valence-corrected chi connectivity index (χ0v) is 17.9. The van der Waals surface area contributed by atoms with Crippen LogP contribution in [0.3, 0.4) is 0 Å². The van der Waals surface area contributed by atoms with Gasteiger partial charge in [0.1, 0.15) is 6.61 Å². The summed E-state index contributed by atoms with van der Waals surface area (Å²) in [4.78, 5) is 32.9. The number of aromatic nitrogens is 1. The maximum atomic E-state index is 12.7. The molecule has 2 aliphatic heterocycles. The minimum absolute atomic E-state index is 0.100. The Hall–Kier alpha value is -3.68. The summed E-state index contributed by atoms with van der Waals surface area (Å²) < 4.78 is 5.56. The van der Waals surface area contributed by atoms with Crippen LogP contribution in [0.15, 0.2) is 65.1 Å². The maximum Gasteiger partial charge on any atom is 0.305 e. The second-order valence-electron chi connectivity index (χ2n) is 7.98. The molecule has 1 aromatic heterocycles. The Labute approximate surface area is 186 Å². The topological polar surface area (TPSA) is 113 Å². The standard InChI is InChI=1S/C24H26N4O4/c1-15(18-7-8-21-24(28-18)25-10-11-32-21)6-9-22(29)27-20(13-23(30)31)17-12-16-4-2-3-5-19(16)26-14-17/h2-5,7-8,12,14-15,20H,6,9-11,13H2,1H3,(H,25,28)(H,27,29)(H,30,31). The first kappa shape index (κ1) is 21.5. The number of amidine groups is 1. The third-order valence-electron chi connectivity index (χ3n) is 5.59. The number of dihydropyridines is 1. The van der Waals surface area contributed by atoms with Gasteiger partial charge in [-0.05, 0) is 42.2 Å². The summed E-state index contributed by atoms with van der Waals surface area (Å²) in [5, 5.41) is 16.4. The summed E-state index contributed by atoms with van der Waals surface area (Å²) in [6.07, 6.45) is 6.16. The van der Waals surface area contributed by atoms with E-state index in [2.05, 4.69) is 20.6 Å². The van der Waals surface area contributed by atoms with Crippen LogP contribution in [0, 0.1) is 5.92 Å². The fourth-order valence-electron chi connectivity index (χ4n) is 3.79. The number of fused-ring (bicyclic) bond motifs is 2. The van der Waals surface area contributed by atoms with Gasteiger partial charge in [0, 0.05) is 23.7 Å². The van der Waals surface area contributed by atoms with Crippen LogP contribution in [-0.2, 0) is 14.3 Å². The molecule has 0 fully saturated rings. The summed E-state index contributed by atoms with van der Waals surface area (Å²) in [6.45, 7) is 3.25. The van der Waals surface area contributed by atoms with Crippen molar-refractivity contribution < 1.29 is 19.4 Å². The van der Waals surface area contributed by atoms with Gasteiger partial charge in [-0.15, -0.1) is 0 Å². The lowest BCUT2D eigenvalue weighted by Gasteiger charge is -2.26. The molecule has 0 aliphatic carbocycles. The van der Waals surface area contributed by atoms with Gasteiger partial charge in [-0.3, -0.25) is 19.6 Å². The number of carboxylic acid groups (broad SMARTS) is 1. The van der Waals surface area contributed by atoms with Crippen molar-refractivity contribution in [2.75, 3.05) is 13.2 Å². The van der Waals surface area contributed by atoms with Gasteiger partial charge in [-0.25, -0.2) is 0 Å². The number of carbonyl (C=O) groups excluding carboxylic acids is 1. The number of carbonyl (C=O) groups is 2. The molecular weight excluding hydrogens is 408 g/mol. The Bertz CT molecular complexity index is 1120. The van der Waals surface area contributed by atoms with Crippen LogP contribution in [0.4, 0.5) is 0 Å². The molecule has 0 radical (unpaired) electrons. The highest BCUT2D eigenvalue weighted by molar-refractivity contribution is 5.99. The first-order valence-electron chi connectivity index (χ1n) is 10.7. The van der Waals surface area contributed by atoms with Gasteiger partial charge >= 0.3 is 5.97 Å². The molecular formula is C24H26N4O4. The number of benzene rings is 1. The number of nitrogens with one attached hydrogen (secondary N) is 2. The van der Waals surface area contributed by atoms with E-state index in [1.807, 2.05) is 49.4 Å². The molecule has 166 valence electrons. The number of ether oxygens (including phenoxy) is 1. The van der Waals surface area contributed by atoms with Crippen molar-refractivity contribution in [1.82, 2.24) is 15.6 Å². The molecule has 3 heterocycles. The fraction of sp³-hybridized carbons (Fsp3) is 0.333. The third kappa shape index (κ3) is 5.14. The van der Waals surface area contributed by atoms with Gasteiger partial charge in [0.05, 0.1) is 24.5 Å². The van der Waals surface area contributed by atoms with Gasteiger partial charge < -0.3 is 20.5 Å². The zero-order chi connectivity index (χ0) is 22.5. The van der Waals surface area contributed by atoms with Crippen LogP contribution in [0.1, 0.15) is 37.8 Å². The monoisotopic (exact) mass is 434 g/mol. The molecule has 2 atom stereocenters. The highest BCUT2D eigenvalue weighted by atomic mass is 16.5. The van der Waals surface area contributed by atoms with Crippen LogP contribution in [0.2, 0.25) is 0 Å². The molecule has 1 aromatic carbocycles. The predicted octanol–water partition coefficient (Wildman–Crippen LogP) is 3.08. The average molecular weight is 434 g/mol. The van der Waals surface area contributed by atoms with E-state index in [4.69, 9.17) is 4.74 Å². The number of carboxylic acids is 1. The number of rotatable bonds is 8. The van der Waals surface area contributed by atoms with E-state index in [1.54, 1.807) is 6.20 Å². The summed E-state index contributed by atoms with van der Waals surface area (Å²) in [6, 6.07) is 8.85. The Balaban J connectivity index is 1.38. The number of nitrogens with zero attached hydrogens (tertiary/aromatic N) is 2. The van der Waals surface area contributed by atoms with Crippen LogP contribution in [-0.4, -0.2) is 41.0 Å². The number of aliphatic carboxylic acids is 1. The van der Waals surface area contributed by atoms with Crippen LogP contribution in [0.5, 0.6) is 0 Å². The Kier molecular flexibility index (Phi) is 6.49. The third-order valence-corrected chi connectivity index (χ3v) is 5.59. The number of pyridine rings is 1. The van der Waals surface area contributed by atoms with Crippen molar-refractivity contribution in [3.05, 3.63) is 65.7 Å². The SMILES string of the molecule is CC(CCC(=O)NC(CC(=O)O)c1cnc2ccccc2c1)C1=CC=C2OCCN=C2N1. The van der Waals surface area contributed by atoms with Gasteiger partial charge in [-0.2, -0.15) is 0 Å². The lowest BCUT2D eigenvalue weighted by Crippen LogP contribution is -2.34. The normalized spacial score (nSPS) is 17.0. The van der Waals surface area contributed by atoms with E-state index in [0.29, 0.717) is 25.1 Å². The molecule has 8 nitrogen and oxygen atoms in total. The second kappa shape index (κ2) is 9.64. The highest BCUT2D eigenvalue weighted by Crippen LogP contribution is 2.23. The Morgan fingerprint density at radius 1 is 1.28 bits per heavy atom. The lowest BCUT2D eigenvalue weighted by atomic mass is 9.98. The second-order valence-corrected chi connectivity index (χ2v) is 7.98. The van der Waals surface area contributed by atoms with Crippen molar-refractivity contribution in [3.63, 3.8) is 0 Å². The number of aliphatic imine (C=N–C) groups is 1. The number of para-hydroxylation sites is 1. The highest BCUT2D eigenvalue weighted by Gasteiger charge is 2.22. The van der Waals surface area contributed by atoms with E-state index in [9.17, 15) is 14.7 Å². The summed E-state index contributed by atoms with van der Waals surface area (Å²) in [5.41, 5.74) is 2.48. The van der Waals surface area contributed by atoms with E-state index in [1.165, 1.54) is 0 Å². The first-order chi connectivity index (χ1) is 15.5. The van der Waals surface area contributed by atoms with E-state index >= 15 is 0 Å². The van der Waals surface area contributed by atoms with E-state index < -0.39 is 12.0 Å². The average Bonchev–Trinajstić information content (AvgIpc) is 2.81. The molecule has 0 saturated heterocycles. The molecule has 4 rings (SSSR count).